The van der Waals surface area contributed by atoms with Gasteiger partial charge >= 0.3 is 0 Å². The largest absolute Gasteiger partial charge is 0.353 e. The number of nitrogens with one attached hydrogen (secondary N) is 2. The molecule has 0 unspecified atom stereocenters. The summed E-state index contributed by atoms with van der Waals surface area (Å²) in [7, 11) is 0. The Morgan fingerprint density at radius 2 is 2.22 bits per heavy atom. The van der Waals surface area contributed by atoms with Crippen LogP contribution in [0.5, 0.6) is 0 Å². The number of amides is 1. The highest BCUT2D eigenvalue weighted by molar-refractivity contribution is 5.81. The van der Waals surface area contributed by atoms with Crippen molar-refractivity contribution in [3.8, 4) is 0 Å². The van der Waals surface area contributed by atoms with Gasteiger partial charge in [0.25, 0.3) is 0 Å². The maximum atomic E-state index is 11.8. The summed E-state index contributed by atoms with van der Waals surface area (Å²) in [5, 5.41) is 6.26. The lowest BCUT2D eigenvalue weighted by atomic mass is 10.1. The van der Waals surface area contributed by atoms with Gasteiger partial charge in [0.15, 0.2) is 0 Å². The zero-order chi connectivity index (χ0) is 12.8. The Balaban J connectivity index is 1.74. The molecular formula is C14H21N3O. The molecule has 4 heteroatoms. The molecular weight excluding hydrogens is 226 g/mol. The van der Waals surface area contributed by atoms with E-state index in [0.717, 1.165) is 18.5 Å². The van der Waals surface area contributed by atoms with Gasteiger partial charge in [0.2, 0.25) is 5.91 Å². The van der Waals surface area contributed by atoms with Crippen molar-refractivity contribution in [3.05, 3.63) is 35.9 Å². The van der Waals surface area contributed by atoms with Crippen LogP contribution in [-0.2, 0) is 11.2 Å². The molecule has 1 aliphatic rings. The van der Waals surface area contributed by atoms with Gasteiger partial charge in [-0.2, -0.15) is 0 Å². The van der Waals surface area contributed by atoms with E-state index in [1.54, 1.807) is 0 Å². The van der Waals surface area contributed by atoms with Gasteiger partial charge in [-0.3, -0.25) is 4.79 Å². The van der Waals surface area contributed by atoms with Gasteiger partial charge < -0.3 is 16.4 Å². The van der Waals surface area contributed by atoms with E-state index in [1.807, 2.05) is 30.3 Å². The van der Waals surface area contributed by atoms with Crippen LogP contribution in [0.1, 0.15) is 18.4 Å². The molecule has 0 spiro atoms. The van der Waals surface area contributed by atoms with E-state index in [1.165, 1.54) is 6.42 Å². The van der Waals surface area contributed by atoms with Gasteiger partial charge in [0, 0.05) is 12.6 Å². The number of hydrogen-bond acceptors (Lipinski definition) is 3. The van der Waals surface area contributed by atoms with Crippen LogP contribution in [0.25, 0.3) is 0 Å². The lowest BCUT2D eigenvalue weighted by Crippen LogP contribution is -2.46. The second-order valence-electron chi connectivity index (χ2n) is 4.83. The molecule has 18 heavy (non-hydrogen) atoms. The van der Waals surface area contributed by atoms with E-state index in [0.29, 0.717) is 19.0 Å². The minimum atomic E-state index is -0.464. The van der Waals surface area contributed by atoms with Crippen molar-refractivity contribution >= 4 is 5.91 Å². The van der Waals surface area contributed by atoms with Crippen LogP contribution in [0.4, 0.5) is 0 Å². The predicted octanol–water partition coefficient (Wildman–Crippen LogP) is 0.425. The standard InChI is InChI=1S/C14H21N3O/c15-13(9-11-5-2-1-3-6-11)14(18)17-10-12-7-4-8-16-12/h1-3,5-6,12-13,16H,4,7-10,15H2,(H,17,18)/t12-,13+/m0/s1. The van der Waals surface area contributed by atoms with Gasteiger partial charge in [-0.1, -0.05) is 30.3 Å². The molecule has 0 aliphatic carbocycles. The minimum Gasteiger partial charge on any atom is -0.353 e. The van der Waals surface area contributed by atoms with E-state index in [-0.39, 0.29) is 5.91 Å². The first-order valence-electron chi connectivity index (χ1n) is 6.56. The molecule has 0 saturated carbocycles. The minimum absolute atomic E-state index is 0.0625. The van der Waals surface area contributed by atoms with Crippen LogP contribution < -0.4 is 16.4 Å². The summed E-state index contributed by atoms with van der Waals surface area (Å²) in [6.45, 7) is 1.73. The molecule has 1 amide bonds. The molecule has 1 heterocycles. The summed E-state index contributed by atoms with van der Waals surface area (Å²) >= 11 is 0. The monoisotopic (exact) mass is 247 g/mol. The van der Waals surface area contributed by atoms with Crippen LogP contribution in [0.2, 0.25) is 0 Å². The Bertz CT molecular complexity index is 374. The van der Waals surface area contributed by atoms with Gasteiger partial charge in [-0.05, 0) is 31.4 Å². The van der Waals surface area contributed by atoms with Crippen LogP contribution in [-0.4, -0.2) is 31.1 Å². The molecule has 4 N–H and O–H groups in total. The number of benzene rings is 1. The van der Waals surface area contributed by atoms with E-state index in [9.17, 15) is 4.79 Å². The van der Waals surface area contributed by atoms with Crippen molar-refractivity contribution in [2.75, 3.05) is 13.1 Å². The fourth-order valence-electron chi connectivity index (χ4n) is 2.25. The van der Waals surface area contributed by atoms with Crippen molar-refractivity contribution in [2.45, 2.75) is 31.3 Å². The summed E-state index contributed by atoms with van der Waals surface area (Å²) in [4.78, 5) is 11.8. The quantitative estimate of drug-likeness (QED) is 0.706. The topological polar surface area (TPSA) is 67.2 Å². The zero-order valence-corrected chi connectivity index (χ0v) is 10.6. The summed E-state index contributed by atoms with van der Waals surface area (Å²) in [6.07, 6.45) is 2.91. The first-order valence-corrected chi connectivity index (χ1v) is 6.56. The second-order valence-corrected chi connectivity index (χ2v) is 4.83. The van der Waals surface area contributed by atoms with E-state index >= 15 is 0 Å². The molecule has 4 nitrogen and oxygen atoms in total. The second kappa shape index (κ2) is 6.52. The fraction of sp³-hybridized carbons (Fsp3) is 0.500. The number of hydrogen-bond donors (Lipinski definition) is 3. The maximum Gasteiger partial charge on any atom is 0.237 e. The summed E-state index contributed by atoms with van der Waals surface area (Å²) in [6, 6.07) is 9.81. The summed E-state index contributed by atoms with van der Waals surface area (Å²) in [5.74, 6) is -0.0625. The predicted molar refractivity (Wildman–Crippen MR) is 72.2 cm³/mol. The molecule has 1 aromatic carbocycles. The molecule has 1 aliphatic heterocycles. The Labute approximate surface area is 108 Å². The highest BCUT2D eigenvalue weighted by Gasteiger charge is 2.18. The third-order valence-electron chi connectivity index (χ3n) is 3.32. The number of rotatable bonds is 5. The Morgan fingerprint density at radius 3 is 2.89 bits per heavy atom. The molecule has 1 aromatic rings. The van der Waals surface area contributed by atoms with Crippen molar-refractivity contribution in [1.29, 1.82) is 0 Å². The molecule has 98 valence electrons. The van der Waals surface area contributed by atoms with Gasteiger partial charge in [0.05, 0.1) is 6.04 Å². The SMILES string of the molecule is N[C@H](Cc1ccccc1)C(=O)NC[C@@H]1CCCN1. The molecule has 0 radical (unpaired) electrons. The smallest absolute Gasteiger partial charge is 0.237 e. The third kappa shape index (κ3) is 3.82. The fourth-order valence-corrected chi connectivity index (χ4v) is 2.25. The number of carbonyl (C=O) groups is 1. The zero-order valence-electron chi connectivity index (χ0n) is 10.6. The average Bonchev–Trinajstić information content (AvgIpc) is 2.90. The van der Waals surface area contributed by atoms with E-state index in [4.69, 9.17) is 5.73 Å². The maximum absolute atomic E-state index is 11.8. The van der Waals surface area contributed by atoms with E-state index in [2.05, 4.69) is 10.6 Å². The Hall–Kier alpha value is -1.39. The molecule has 2 rings (SSSR count). The summed E-state index contributed by atoms with van der Waals surface area (Å²) < 4.78 is 0. The van der Waals surface area contributed by atoms with Crippen molar-refractivity contribution in [3.63, 3.8) is 0 Å². The Kier molecular flexibility index (Phi) is 4.73. The first kappa shape index (κ1) is 13.1. The van der Waals surface area contributed by atoms with Crippen LogP contribution in [0.15, 0.2) is 30.3 Å². The number of nitrogens with two attached hydrogens (primary N) is 1. The van der Waals surface area contributed by atoms with Crippen molar-refractivity contribution < 1.29 is 4.79 Å². The van der Waals surface area contributed by atoms with Crippen LogP contribution in [0.3, 0.4) is 0 Å². The highest BCUT2D eigenvalue weighted by atomic mass is 16.2. The highest BCUT2D eigenvalue weighted by Crippen LogP contribution is 2.04. The van der Waals surface area contributed by atoms with Gasteiger partial charge in [-0.25, -0.2) is 0 Å². The van der Waals surface area contributed by atoms with Gasteiger partial charge in [0.1, 0.15) is 0 Å². The van der Waals surface area contributed by atoms with Crippen LogP contribution in [0, 0.1) is 0 Å². The van der Waals surface area contributed by atoms with Crippen molar-refractivity contribution in [2.24, 2.45) is 5.73 Å². The summed E-state index contributed by atoms with van der Waals surface area (Å²) in [5.41, 5.74) is 7.00. The van der Waals surface area contributed by atoms with Crippen molar-refractivity contribution in [1.82, 2.24) is 10.6 Å². The number of carbonyl (C=O) groups excluding carboxylic acids is 1. The lowest BCUT2D eigenvalue weighted by molar-refractivity contribution is -0.122. The van der Waals surface area contributed by atoms with Gasteiger partial charge in [-0.15, -0.1) is 0 Å². The molecule has 0 aromatic heterocycles. The van der Waals surface area contributed by atoms with E-state index < -0.39 is 6.04 Å². The third-order valence-corrected chi connectivity index (χ3v) is 3.32. The molecule has 1 saturated heterocycles. The molecule has 0 bridgehead atoms. The first-order chi connectivity index (χ1) is 8.75. The normalized spacial score (nSPS) is 20.6. The van der Waals surface area contributed by atoms with Crippen LogP contribution >= 0.6 is 0 Å². The molecule has 1 fully saturated rings. The Morgan fingerprint density at radius 1 is 1.44 bits per heavy atom. The average molecular weight is 247 g/mol. The lowest BCUT2D eigenvalue weighted by Gasteiger charge is -2.15. The molecule has 2 atom stereocenters.